The van der Waals surface area contributed by atoms with Crippen LogP contribution in [0, 0.1) is 0 Å². The molecule has 0 unspecified atom stereocenters. The molecular formula is C14H21N3S. The summed E-state index contributed by atoms with van der Waals surface area (Å²) in [4.78, 5) is 4.76. The van der Waals surface area contributed by atoms with Crippen molar-refractivity contribution in [3.8, 4) is 0 Å². The maximum absolute atomic E-state index is 5.46. The number of hydrogen-bond acceptors (Lipinski definition) is 2. The summed E-state index contributed by atoms with van der Waals surface area (Å²) in [6.45, 7) is 7.72. The van der Waals surface area contributed by atoms with Gasteiger partial charge in [0.05, 0.1) is 0 Å². The van der Waals surface area contributed by atoms with Crippen LogP contribution in [0.1, 0.15) is 13.3 Å². The van der Waals surface area contributed by atoms with Crippen LogP contribution in [0.3, 0.4) is 0 Å². The van der Waals surface area contributed by atoms with Crippen LogP contribution in [0.15, 0.2) is 30.3 Å². The van der Waals surface area contributed by atoms with Crippen LogP contribution < -0.4 is 5.32 Å². The predicted octanol–water partition coefficient (Wildman–Crippen LogP) is 2.41. The van der Waals surface area contributed by atoms with Gasteiger partial charge in [0.1, 0.15) is 0 Å². The lowest BCUT2D eigenvalue weighted by Crippen LogP contribution is -2.49. The van der Waals surface area contributed by atoms with Crippen molar-refractivity contribution in [2.24, 2.45) is 0 Å². The van der Waals surface area contributed by atoms with Crippen molar-refractivity contribution < 1.29 is 0 Å². The van der Waals surface area contributed by atoms with Crippen molar-refractivity contribution in [3.05, 3.63) is 30.3 Å². The van der Waals surface area contributed by atoms with Crippen molar-refractivity contribution in [2.45, 2.75) is 13.3 Å². The molecule has 0 aliphatic carbocycles. The third-order valence-electron chi connectivity index (χ3n) is 3.22. The largest absolute Gasteiger partial charge is 0.346 e. The molecule has 0 aromatic heterocycles. The van der Waals surface area contributed by atoms with Gasteiger partial charge in [-0.3, -0.25) is 4.90 Å². The van der Waals surface area contributed by atoms with E-state index in [9.17, 15) is 0 Å². The first-order valence-electron chi connectivity index (χ1n) is 6.63. The van der Waals surface area contributed by atoms with Crippen molar-refractivity contribution in [1.82, 2.24) is 9.80 Å². The van der Waals surface area contributed by atoms with E-state index in [-0.39, 0.29) is 0 Å². The fourth-order valence-corrected chi connectivity index (χ4v) is 2.52. The maximum atomic E-state index is 5.46. The van der Waals surface area contributed by atoms with Gasteiger partial charge in [-0.15, -0.1) is 0 Å². The standard InChI is InChI=1S/C14H21N3S/c1-2-8-16-9-11-17(12-10-16)14(18)15-13-6-4-3-5-7-13/h3-7H,2,8-12H2,1H3,(H,15,18). The summed E-state index contributed by atoms with van der Waals surface area (Å²) in [5.74, 6) is 0. The lowest BCUT2D eigenvalue weighted by atomic mass is 10.3. The number of para-hydroxylation sites is 1. The average molecular weight is 263 g/mol. The molecule has 1 aromatic rings. The molecule has 18 heavy (non-hydrogen) atoms. The first kappa shape index (κ1) is 13.3. The molecule has 0 amide bonds. The molecule has 0 bridgehead atoms. The third kappa shape index (κ3) is 3.68. The molecule has 0 spiro atoms. The minimum atomic E-state index is 0.845. The first-order chi connectivity index (χ1) is 8.79. The van der Waals surface area contributed by atoms with E-state index in [1.165, 1.54) is 13.0 Å². The number of thiocarbonyl (C=S) groups is 1. The van der Waals surface area contributed by atoms with E-state index in [1.54, 1.807) is 0 Å². The number of benzene rings is 1. The summed E-state index contributed by atoms with van der Waals surface area (Å²) in [5, 5.41) is 4.14. The van der Waals surface area contributed by atoms with E-state index >= 15 is 0 Å². The molecule has 1 aliphatic heterocycles. The van der Waals surface area contributed by atoms with Gasteiger partial charge < -0.3 is 10.2 Å². The van der Waals surface area contributed by atoms with Gasteiger partial charge in [-0.25, -0.2) is 0 Å². The molecule has 0 atom stereocenters. The third-order valence-corrected chi connectivity index (χ3v) is 3.58. The second-order valence-corrected chi connectivity index (χ2v) is 5.01. The van der Waals surface area contributed by atoms with Crippen LogP contribution in [0.2, 0.25) is 0 Å². The molecule has 1 heterocycles. The molecule has 0 saturated carbocycles. The van der Waals surface area contributed by atoms with Crippen molar-refractivity contribution in [1.29, 1.82) is 0 Å². The molecule has 1 fully saturated rings. The second-order valence-electron chi connectivity index (χ2n) is 4.62. The van der Waals surface area contributed by atoms with E-state index in [4.69, 9.17) is 12.2 Å². The van der Waals surface area contributed by atoms with Gasteiger partial charge in [0.2, 0.25) is 0 Å². The summed E-state index contributed by atoms with van der Waals surface area (Å²) in [7, 11) is 0. The Kier molecular flexibility index (Phi) is 4.96. The molecule has 98 valence electrons. The van der Waals surface area contributed by atoms with Gasteiger partial charge in [-0.2, -0.15) is 0 Å². The highest BCUT2D eigenvalue weighted by molar-refractivity contribution is 7.80. The minimum absolute atomic E-state index is 0.845. The van der Waals surface area contributed by atoms with Crippen molar-refractivity contribution in [2.75, 3.05) is 38.0 Å². The molecular weight excluding hydrogens is 242 g/mol. The van der Waals surface area contributed by atoms with Gasteiger partial charge in [0, 0.05) is 31.9 Å². The number of anilines is 1. The van der Waals surface area contributed by atoms with Crippen LogP contribution in [0.25, 0.3) is 0 Å². The predicted molar refractivity (Wildman–Crippen MR) is 81.0 cm³/mol. The fraction of sp³-hybridized carbons (Fsp3) is 0.500. The SMILES string of the molecule is CCCN1CCN(C(=S)Nc2ccccc2)CC1. The highest BCUT2D eigenvalue weighted by Gasteiger charge is 2.17. The van der Waals surface area contributed by atoms with Crippen LogP contribution >= 0.6 is 12.2 Å². The van der Waals surface area contributed by atoms with Gasteiger partial charge >= 0.3 is 0 Å². The average Bonchev–Trinajstić information content (AvgIpc) is 2.41. The summed E-state index contributed by atoms with van der Waals surface area (Å²) >= 11 is 5.46. The Hall–Kier alpha value is -1.13. The normalized spacial score (nSPS) is 16.6. The lowest BCUT2D eigenvalue weighted by Gasteiger charge is -2.36. The molecule has 1 saturated heterocycles. The Labute approximate surface area is 115 Å². The second kappa shape index (κ2) is 6.71. The Morgan fingerprint density at radius 1 is 1.17 bits per heavy atom. The van der Waals surface area contributed by atoms with E-state index in [0.29, 0.717) is 0 Å². The molecule has 4 heteroatoms. The Morgan fingerprint density at radius 2 is 1.83 bits per heavy atom. The van der Waals surface area contributed by atoms with Crippen molar-refractivity contribution >= 4 is 23.0 Å². The summed E-state index contributed by atoms with van der Waals surface area (Å²) in [6, 6.07) is 10.1. The zero-order chi connectivity index (χ0) is 12.8. The van der Waals surface area contributed by atoms with Gasteiger partial charge in [0.25, 0.3) is 0 Å². The number of piperazine rings is 1. The number of rotatable bonds is 3. The molecule has 1 N–H and O–H groups in total. The number of nitrogens with one attached hydrogen (secondary N) is 1. The summed E-state index contributed by atoms with van der Waals surface area (Å²) < 4.78 is 0. The molecule has 1 aromatic carbocycles. The van der Waals surface area contributed by atoms with Crippen LogP contribution in [-0.4, -0.2) is 47.6 Å². The molecule has 0 radical (unpaired) electrons. The number of nitrogens with zero attached hydrogens (tertiary/aromatic N) is 2. The van der Waals surface area contributed by atoms with Gasteiger partial charge in [0.15, 0.2) is 5.11 Å². The monoisotopic (exact) mass is 263 g/mol. The van der Waals surface area contributed by atoms with Gasteiger partial charge in [-0.05, 0) is 37.3 Å². The number of hydrogen-bond donors (Lipinski definition) is 1. The lowest BCUT2D eigenvalue weighted by molar-refractivity contribution is 0.184. The summed E-state index contributed by atoms with van der Waals surface area (Å²) in [6.07, 6.45) is 1.23. The minimum Gasteiger partial charge on any atom is -0.346 e. The van der Waals surface area contributed by atoms with E-state index < -0.39 is 0 Å². The Bertz CT molecular complexity index is 372. The van der Waals surface area contributed by atoms with E-state index in [2.05, 4.69) is 22.0 Å². The molecule has 3 nitrogen and oxygen atoms in total. The quantitative estimate of drug-likeness (QED) is 0.844. The highest BCUT2D eigenvalue weighted by Crippen LogP contribution is 2.09. The topological polar surface area (TPSA) is 18.5 Å². The highest BCUT2D eigenvalue weighted by atomic mass is 32.1. The Balaban J connectivity index is 1.81. The van der Waals surface area contributed by atoms with Gasteiger partial charge in [-0.1, -0.05) is 25.1 Å². The van der Waals surface area contributed by atoms with Crippen LogP contribution in [0.5, 0.6) is 0 Å². The van der Waals surface area contributed by atoms with Crippen LogP contribution in [-0.2, 0) is 0 Å². The molecule has 1 aliphatic rings. The zero-order valence-electron chi connectivity index (χ0n) is 10.9. The van der Waals surface area contributed by atoms with Crippen molar-refractivity contribution in [3.63, 3.8) is 0 Å². The maximum Gasteiger partial charge on any atom is 0.173 e. The zero-order valence-corrected chi connectivity index (χ0v) is 11.7. The molecule has 2 rings (SSSR count). The smallest absolute Gasteiger partial charge is 0.173 e. The fourth-order valence-electron chi connectivity index (χ4n) is 2.21. The summed E-state index contributed by atoms with van der Waals surface area (Å²) in [5.41, 5.74) is 1.07. The Morgan fingerprint density at radius 3 is 2.44 bits per heavy atom. The van der Waals surface area contributed by atoms with E-state index in [0.717, 1.165) is 37.0 Å². The van der Waals surface area contributed by atoms with Crippen LogP contribution in [0.4, 0.5) is 5.69 Å². The first-order valence-corrected chi connectivity index (χ1v) is 7.03. The van der Waals surface area contributed by atoms with E-state index in [1.807, 2.05) is 30.3 Å².